The van der Waals surface area contributed by atoms with Crippen LogP contribution in [0.3, 0.4) is 0 Å². The molecule has 2 amide bonds. The Bertz CT molecular complexity index is 1750. The molecule has 28 heteroatoms. The van der Waals surface area contributed by atoms with E-state index in [0.29, 0.717) is 56.6 Å². The Morgan fingerprint density at radius 2 is 0.936 bits per heavy atom. The summed E-state index contributed by atoms with van der Waals surface area (Å²) in [5.41, 5.74) is 5.44. The molecule has 0 aromatic rings. The zero-order chi connectivity index (χ0) is 73.0. The molecule has 5 N–H and O–H groups in total. The van der Waals surface area contributed by atoms with Crippen molar-refractivity contribution >= 4 is 139 Å². The molecule has 0 spiro atoms. The lowest BCUT2D eigenvalue weighted by atomic mass is 10.1. The third-order valence-electron chi connectivity index (χ3n) is 13.3. The lowest BCUT2D eigenvalue weighted by molar-refractivity contribution is -0.137. The second-order valence-corrected chi connectivity index (χ2v) is 67.8. The van der Waals surface area contributed by atoms with Crippen molar-refractivity contribution in [3.05, 3.63) is 0 Å². The molecule has 1 rings (SSSR count). The van der Waals surface area contributed by atoms with Crippen LogP contribution in [-0.2, 0) is 51.0 Å². The fourth-order valence-electron chi connectivity index (χ4n) is 9.19. The maximum Gasteiger partial charge on any atom is 0.315 e. The molecule has 570 valence electrons. The summed E-state index contributed by atoms with van der Waals surface area (Å²) in [6, 6.07) is 4.11. The van der Waals surface area contributed by atoms with Crippen LogP contribution in [0.5, 0.6) is 0 Å². The van der Waals surface area contributed by atoms with Crippen LogP contribution < -0.4 is 16.4 Å². The third kappa shape index (κ3) is 87.5. The van der Waals surface area contributed by atoms with Gasteiger partial charge in [0.05, 0.1) is 57.0 Å². The number of aliphatic hydroxyl groups excluding tert-OH is 1. The second kappa shape index (κ2) is 61.7. The lowest BCUT2D eigenvalue weighted by Gasteiger charge is -2.29. The molecule has 1 heterocycles. The van der Waals surface area contributed by atoms with Gasteiger partial charge in [-0.15, -0.1) is 0 Å². The van der Waals surface area contributed by atoms with Crippen molar-refractivity contribution in [3.8, 4) is 0 Å². The molecule has 1 saturated heterocycles. The Morgan fingerprint density at radius 3 is 1.24 bits per heavy atom. The quantitative estimate of drug-likeness (QED) is 0.00714. The number of amides is 2. The van der Waals surface area contributed by atoms with Crippen LogP contribution >= 0.6 is 64.0 Å². The van der Waals surface area contributed by atoms with Crippen molar-refractivity contribution in [3.63, 3.8) is 0 Å². The lowest BCUT2D eigenvalue weighted by Crippen LogP contribution is -2.43. The number of carbonyl (C=O) groups excluding carboxylic acids is 3. The highest BCUT2D eigenvalue weighted by Crippen LogP contribution is 2.24. The predicted molar refractivity (Wildman–Crippen MR) is 445 cm³/mol. The van der Waals surface area contributed by atoms with E-state index in [1.165, 1.54) is 83.0 Å². The molecule has 0 aromatic carbocycles. The number of hydrogen-bond donors (Lipinski definition) is 8. The van der Waals surface area contributed by atoms with Gasteiger partial charge in [0.25, 0.3) is 0 Å². The molecular weight excluding hydrogens is 1400 g/mol. The monoisotopic (exact) mass is 1550 g/mol. The van der Waals surface area contributed by atoms with Crippen molar-refractivity contribution in [2.75, 3.05) is 89.6 Å². The number of epoxide rings is 1. The number of thiol groups is 4. The van der Waals surface area contributed by atoms with Gasteiger partial charge in [0.15, 0.2) is 33.3 Å². The molecule has 16 nitrogen and oxygen atoms in total. The summed E-state index contributed by atoms with van der Waals surface area (Å²) in [4.78, 5) is 35.0. The largest absolute Gasteiger partial charge is 0.468 e. The van der Waals surface area contributed by atoms with Gasteiger partial charge in [0, 0.05) is 80.8 Å². The van der Waals surface area contributed by atoms with Gasteiger partial charge in [-0.05, 0) is 162 Å². The molecule has 0 saturated carbocycles. The molecule has 1 aliphatic rings. The van der Waals surface area contributed by atoms with Crippen LogP contribution in [-0.4, -0.2) is 211 Å². The summed E-state index contributed by atoms with van der Waals surface area (Å²) in [6.45, 7) is 61.2. The summed E-state index contributed by atoms with van der Waals surface area (Å²) in [5.74, 6) is 0.335. The minimum absolute atomic E-state index is 0. The zero-order valence-corrected chi connectivity index (χ0v) is 76.9. The average Bonchev–Trinajstić information content (AvgIpc) is 1.24. The van der Waals surface area contributed by atoms with Gasteiger partial charge in [-0.2, -0.15) is 64.0 Å². The van der Waals surface area contributed by atoms with E-state index in [2.05, 4.69) is 210 Å². The Morgan fingerprint density at radius 1 is 0.564 bits per heavy atom. The van der Waals surface area contributed by atoms with Crippen molar-refractivity contribution in [1.82, 2.24) is 15.5 Å². The normalized spacial score (nSPS) is 14.9. The number of rotatable bonds is 49. The molecule has 1 fully saturated rings. The standard InChI is InChI=1S/C18H40N2O3S2Si2.C16H38O3SSi2.C14H36N2OSi2.C13H28O3Si.C3H6O2S.C2H6.H2S/c1-26(2,3)12-8-10-16(23-27(4,5)6)9-7-11-20(18(22)14-25)15-19-17(21)13-24;1-21(2,3)12-8-10-16(19-22(4,5)6)9-7-11-18-13-15(17)14-20;1-18(2,3)12-8-10-14(17-19(4,5)6)9-7-11-16-13-15;1-5-7-12(16-17(2,3)4)8-6-9-14-10-13-11-15-13;1-5-3(4)2-6;1-2;/h16,24-25H,7-15H2,1-6H3,(H,19,21);15-17,20H,7-14H2,1-6H3;14,16H,7-13,15H2,1-6H3;12-13H,5-11H2,1-4H3;6H,2H2,1H3;1-2H3;1H2. The minimum atomic E-state index is -1.60. The predicted octanol–water partition coefficient (Wildman–Crippen LogP) is 16.3. The van der Waals surface area contributed by atoms with E-state index in [1.54, 1.807) is 4.90 Å². The summed E-state index contributed by atoms with van der Waals surface area (Å²) < 4.78 is 45.6. The van der Waals surface area contributed by atoms with Crippen molar-refractivity contribution in [2.24, 2.45) is 5.73 Å². The maximum atomic E-state index is 12.1. The molecular formula is C66H156N4O12S5Si7. The first-order chi connectivity index (χ1) is 42.9. The number of nitrogens with one attached hydrogen (secondary N) is 2. The molecule has 1 aliphatic heterocycles. The zero-order valence-electron chi connectivity index (χ0n) is 65.3. The Balaban J connectivity index is -0.000000266. The summed E-state index contributed by atoms with van der Waals surface area (Å²) in [5, 5.41) is 15.3. The van der Waals surface area contributed by atoms with Crippen molar-refractivity contribution in [1.29, 1.82) is 0 Å². The number of nitrogens with zero attached hydrogens (tertiary/aromatic N) is 1. The van der Waals surface area contributed by atoms with Gasteiger partial charge in [-0.1, -0.05) is 124 Å². The van der Waals surface area contributed by atoms with Crippen LogP contribution in [0, 0.1) is 0 Å². The fourth-order valence-corrected chi connectivity index (χ4v) is 18.5. The van der Waals surface area contributed by atoms with Crippen LogP contribution in [0.15, 0.2) is 0 Å². The Hall–Kier alpha value is 1.28. The topological polar surface area (TPSA) is 202 Å². The van der Waals surface area contributed by atoms with E-state index in [9.17, 15) is 19.5 Å². The van der Waals surface area contributed by atoms with Gasteiger partial charge in [0.2, 0.25) is 11.8 Å². The van der Waals surface area contributed by atoms with E-state index in [1.807, 2.05) is 13.8 Å². The summed E-state index contributed by atoms with van der Waals surface area (Å²) in [7, 11) is -7.45. The van der Waals surface area contributed by atoms with E-state index < -0.39 is 63.6 Å². The number of esters is 1. The van der Waals surface area contributed by atoms with Gasteiger partial charge in [0.1, 0.15) is 6.10 Å². The number of aliphatic hydroxyl groups is 1. The van der Waals surface area contributed by atoms with E-state index in [0.717, 1.165) is 71.3 Å². The molecule has 0 aliphatic carbocycles. The van der Waals surface area contributed by atoms with Crippen LogP contribution in [0.2, 0.25) is 156 Å². The number of carbonyl (C=O) groups is 3. The highest BCUT2D eigenvalue weighted by atomic mass is 32.1. The number of nitrogens with two attached hydrogens (primary N) is 1. The first-order valence-corrected chi connectivity index (χ1v) is 62.8. The highest BCUT2D eigenvalue weighted by molar-refractivity contribution is 7.81. The van der Waals surface area contributed by atoms with Gasteiger partial charge < -0.3 is 63.0 Å². The second-order valence-electron chi connectivity index (χ2n) is 31.7. The molecule has 6 atom stereocenters. The number of hydrogen-bond acceptors (Lipinski definition) is 18. The maximum absolute atomic E-state index is 12.1. The third-order valence-corrected chi connectivity index (χ3v) is 24.3. The van der Waals surface area contributed by atoms with E-state index in [4.69, 9.17) is 37.6 Å². The average molecular weight is 1550 g/mol. The molecule has 94 heavy (non-hydrogen) atoms. The highest BCUT2D eigenvalue weighted by Gasteiger charge is 2.27. The Kier molecular flexibility index (Phi) is 69.8. The van der Waals surface area contributed by atoms with Crippen molar-refractivity contribution in [2.45, 2.75) is 316 Å². The minimum Gasteiger partial charge on any atom is -0.468 e. The molecule has 6 unspecified atom stereocenters. The van der Waals surface area contributed by atoms with Gasteiger partial charge >= 0.3 is 5.97 Å². The first kappa shape index (κ1) is 106. The van der Waals surface area contributed by atoms with E-state index in [-0.39, 0.29) is 61.3 Å². The fraction of sp³-hybridized carbons (Fsp3) is 0.955. The molecule has 0 aromatic heterocycles. The summed E-state index contributed by atoms with van der Waals surface area (Å²) in [6.07, 6.45) is 19.6. The smallest absolute Gasteiger partial charge is 0.315 e. The van der Waals surface area contributed by atoms with Crippen LogP contribution in [0.1, 0.15) is 124 Å². The number of ether oxygens (including phenoxy) is 4. The van der Waals surface area contributed by atoms with Gasteiger partial charge in [-0.3, -0.25) is 14.4 Å². The molecule has 0 radical (unpaired) electrons. The van der Waals surface area contributed by atoms with Crippen LogP contribution in [0.25, 0.3) is 0 Å². The Labute approximate surface area is 617 Å². The number of methoxy groups -OCH3 is 1. The van der Waals surface area contributed by atoms with Crippen LogP contribution in [0.4, 0.5) is 0 Å². The SMILES string of the molecule is CC.CCCC(CCCOCC1CO1)O[Si](C)(C)C.COC(=O)CS.C[Si](C)(C)CCCC(CCCN(CNC(=O)CS)C(=O)CS)O[Si](C)(C)C.C[Si](C)(C)CCCC(CCCNCN)O[Si](C)(C)C.C[Si](C)(C)CCCC(CCCOCC(O)CS)O[Si](C)(C)C.S. The van der Waals surface area contributed by atoms with E-state index >= 15 is 0 Å². The van der Waals surface area contributed by atoms with Gasteiger partial charge in [-0.25, -0.2) is 0 Å². The first-order valence-electron chi connectivity index (χ1n) is 35.5. The van der Waals surface area contributed by atoms with Crippen molar-refractivity contribution < 1.29 is 56.1 Å². The summed E-state index contributed by atoms with van der Waals surface area (Å²) >= 11 is 15.7. The molecule has 0 bridgehead atoms.